The SMILES string of the molecule is CO[P+](=O)CCc1cc(Oc2ccc(C(F)(F)F)cc2Cl)ccc1Br. The van der Waals surface area contributed by atoms with Gasteiger partial charge in [0, 0.05) is 10.9 Å². The molecule has 0 bridgehead atoms. The Kier molecular flexibility index (Phi) is 6.86. The van der Waals surface area contributed by atoms with Gasteiger partial charge in [-0.25, -0.2) is 0 Å². The maximum absolute atomic E-state index is 12.7. The lowest BCUT2D eigenvalue weighted by atomic mass is 10.1. The van der Waals surface area contributed by atoms with E-state index in [9.17, 15) is 17.7 Å². The number of aryl methyl sites for hydroxylation is 1. The summed E-state index contributed by atoms with van der Waals surface area (Å²) >= 11 is 9.28. The summed E-state index contributed by atoms with van der Waals surface area (Å²) in [6.07, 6.45) is -3.64. The van der Waals surface area contributed by atoms with Crippen molar-refractivity contribution < 1.29 is 27.0 Å². The molecule has 25 heavy (non-hydrogen) atoms. The lowest BCUT2D eigenvalue weighted by Crippen LogP contribution is -2.04. The molecule has 134 valence electrons. The Labute approximate surface area is 157 Å². The van der Waals surface area contributed by atoms with Crippen molar-refractivity contribution in [2.45, 2.75) is 12.6 Å². The van der Waals surface area contributed by atoms with Gasteiger partial charge in [-0.1, -0.05) is 27.5 Å². The van der Waals surface area contributed by atoms with Crippen molar-refractivity contribution in [1.29, 1.82) is 0 Å². The molecule has 0 radical (unpaired) electrons. The summed E-state index contributed by atoms with van der Waals surface area (Å²) in [5.41, 5.74) is -0.00866. The minimum Gasteiger partial charge on any atom is -0.456 e. The first-order chi connectivity index (χ1) is 11.7. The molecule has 0 N–H and O–H groups in total. The molecule has 0 aliphatic heterocycles. The van der Waals surface area contributed by atoms with Crippen LogP contribution in [0.5, 0.6) is 11.5 Å². The highest BCUT2D eigenvalue weighted by molar-refractivity contribution is 9.10. The van der Waals surface area contributed by atoms with E-state index in [4.69, 9.17) is 20.9 Å². The van der Waals surface area contributed by atoms with Crippen LogP contribution >= 0.6 is 35.6 Å². The van der Waals surface area contributed by atoms with E-state index in [0.717, 1.165) is 22.2 Å². The molecule has 0 aromatic heterocycles. The normalized spacial score (nSPS) is 12.2. The van der Waals surface area contributed by atoms with Gasteiger partial charge in [-0.2, -0.15) is 13.2 Å². The molecule has 0 amide bonds. The molecular weight excluding hydrogens is 443 g/mol. The van der Waals surface area contributed by atoms with Crippen molar-refractivity contribution in [3.05, 3.63) is 57.0 Å². The van der Waals surface area contributed by atoms with Crippen LogP contribution in [0.4, 0.5) is 13.2 Å². The smallest absolute Gasteiger partial charge is 0.456 e. The second kappa shape index (κ2) is 8.49. The maximum Gasteiger partial charge on any atom is 0.508 e. The summed E-state index contributed by atoms with van der Waals surface area (Å²) in [7, 11) is -0.357. The highest BCUT2D eigenvalue weighted by atomic mass is 79.9. The second-order valence-corrected chi connectivity index (χ2v) is 7.73. The van der Waals surface area contributed by atoms with Gasteiger partial charge in [-0.05, 0) is 46.5 Å². The van der Waals surface area contributed by atoms with Crippen LogP contribution in [-0.2, 0) is 21.7 Å². The predicted molar refractivity (Wildman–Crippen MR) is 93.9 cm³/mol. The minimum absolute atomic E-state index is 0.117. The molecule has 0 saturated heterocycles. The average Bonchev–Trinajstić information content (AvgIpc) is 2.55. The summed E-state index contributed by atoms with van der Waals surface area (Å²) in [5, 5.41) is -0.137. The Bertz CT molecular complexity index is 784. The molecule has 2 aromatic carbocycles. The lowest BCUT2D eigenvalue weighted by Gasteiger charge is -2.12. The van der Waals surface area contributed by atoms with Gasteiger partial charge in [-0.3, -0.25) is 0 Å². The summed E-state index contributed by atoms with van der Waals surface area (Å²) in [4.78, 5) is 0. The third kappa shape index (κ3) is 5.68. The molecule has 0 saturated carbocycles. The van der Waals surface area contributed by atoms with Gasteiger partial charge in [-0.15, -0.1) is 4.52 Å². The van der Waals surface area contributed by atoms with Gasteiger partial charge in [0.2, 0.25) is 0 Å². The Morgan fingerprint density at radius 2 is 1.92 bits per heavy atom. The van der Waals surface area contributed by atoms with Crippen molar-refractivity contribution in [2.75, 3.05) is 13.3 Å². The third-order valence-electron chi connectivity index (χ3n) is 3.27. The van der Waals surface area contributed by atoms with Crippen molar-refractivity contribution in [1.82, 2.24) is 0 Å². The summed E-state index contributed by atoms with van der Waals surface area (Å²) < 4.78 is 60.5. The number of alkyl halides is 3. The molecule has 3 nitrogen and oxygen atoms in total. The Balaban J connectivity index is 2.19. The second-order valence-electron chi connectivity index (χ2n) is 4.99. The topological polar surface area (TPSA) is 35.5 Å². The minimum atomic E-state index is -4.47. The van der Waals surface area contributed by atoms with Crippen LogP contribution in [0, 0.1) is 0 Å². The summed E-state index contributed by atoms with van der Waals surface area (Å²) in [5.74, 6) is 0.526. The van der Waals surface area contributed by atoms with E-state index in [0.29, 0.717) is 18.3 Å². The molecule has 0 aliphatic rings. The van der Waals surface area contributed by atoms with Gasteiger partial charge < -0.3 is 4.74 Å². The number of hydrogen-bond acceptors (Lipinski definition) is 3. The predicted octanol–water partition coefficient (Wildman–Crippen LogP) is 6.84. The van der Waals surface area contributed by atoms with E-state index < -0.39 is 19.8 Å². The number of ether oxygens (including phenoxy) is 1. The zero-order chi connectivity index (χ0) is 18.6. The monoisotopic (exact) mass is 455 g/mol. The molecule has 0 spiro atoms. The number of hydrogen-bond donors (Lipinski definition) is 0. The number of benzene rings is 2. The fourth-order valence-electron chi connectivity index (χ4n) is 2.00. The van der Waals surface area contributed by atoms with Crippen LogP contribution < -0.4 is 4.74 Å². The van der Waals surface area contributed by atoms with Gasteiger partial charge in [0.25, 0.3) is 0 Å². The zero-order valence-electron chi connectivity index (χ0n) is 12.9. The first kappa shape index (κ1) is 20.2. The van der Waals surface area contributed by atoms with Crippen LogP contribution in [0.15, 0.2) is 40.9 Å². The molecular formula is C16H13BrClF3O3P+. The van der Waals surface area contributed by atoms with E-state index in [1.807, 2.05) is 0 Å². The largest absolute Gasteiger partial charge is 0.508 e. The highest BCUT2D eigenvalue weighted by Gasteiger charge is 2.31. The van der Waals surface area contributed by atoms with Gasteiger partial charge in [0.15, 0.2) is 6.16 Å². The number of rotatable bonds is 6. The van der Waals surface area contributed by atoms with Crippen LogP contribution in [0.3, 0.4) is 0 Å². The van der Waals surface area contributed by atoms with Crippen LogP contribution in [0.1, 0.15) is 11.1 Å². The molecule has 0 heterocycles. The summed E-state index contributed by atoms with van der Waals surface area (Å²) in [6, 6.07) is 8.00. The first-order valence-corrected chi connectivity index (χ1v) is 9.56. The average molecular weight is 457 g/mol. The Hall–Kier alpha value is -1.14. The molecule has 1 unspecified atom stereocenters. The van der Waals surface area contributed by atoms with Gasteiger partial charge in [0.05, 0.1) is 17.7 Å². The van der Waals surface area contributed by atoms with E-state index in [-0.39, 0.29) is 10.8 Å². The molecule has 9 heteroatoms. The maximum atomic E-state index is 12.7. The van der Waals surface area contributed by atoms with Crippen molar-refractivity contribution in [3.8, 4) is 11.5 Å². The van der Waals surface area contributed by atoms with Crippen molar-refractivity contribution in [3.63, 3.8) is 0 Å². The van der Waals surface area contributed by atoms with E-state index >= 15 is 0 Å². The van der Waals surface area contributed by atoms with Crippen LogP contribution in [0.25, 0.3) is 0 Å². The van der Waals surface area contributed by atoms with Crippen molar-refractivity contribution in [2.24, 2.45) is 0 Å². The van der Waals surface area contributed by atoms with E-state index in [1.165, 1.54) is 13.2 Å². The Morgan fingerprint density at radius 3 is 2.52 bits per heavy atom. The van der Waals surface area contributed by atoms with E-state index in [2.05, 4.69) is 15.9 Å². The molecule has 1 atom stereocenters. The first-order valence-electron chi connectivity index (χ1n) is 7.02. The van der Waals surface area contributed by atoms with Crippen LogP contribution in [0.2, 0.25) is 5.02 Å². The Morgan fingerprint density at radius 1 is 1.20 bits per heavy atom. The van der Waals surface area contributed by atoms with Gasteiger partial charge >= 0.3 is 14.2 Å². The molecule has 0 aliphatic carbocycles. The van der Waals surface area contributed by atoms with Gasteiger partial charge in [0.1, 0.15) is 11.5 Å². The molecule has 2 aromatic rings. The quantitative estimate of drug-likeness (QED) is 0.446. The molecule has 0 fully saturated rings. The van der Waals surface area contributed by atoms with Crippen molar-refractivity contribution >= 4 is 35.6 Å². The number of halogens is 5. The third-order valence-corrected chi connectivity index (χ3v) is 5.34. The fraction of sp³-hybridized carbons (Fsp3) is 0.250. The summed E-state index contributed by atoms with van der Waals surface area (Å²) in [6.45, 7) is 0. The standard InChI is InChI=1S/C16H13BrClF3O3P/c1-23-25(22)7-6-10-8-12(3-4-13(10)17)24-15-5-2-11(9-14(15)18)16(19,20)21/h2-5,8-9H,6-7H2,1H3/q+1. The van der Waals surface area contributed by atoms with Crippen LogP contribution in [-0.4, -0.2) is 13.3 Å². The fourth-order valence-corrected chi connectivity index (χ4v) is 3.27. The highest BCUT2D eigenvalue weighted by Crippen LogP contribution is 2.37. The lowest BCUT2D eigenvalue weighted by molar-refractivity contribution is -0.137. The molecule has 2 rings (SSSR count). The zero-order valence-corrected chi connectivity index (χ0v) is 16.2. The van der Waals surface area contributed by atoms with E-state index in [1.54, 1.807) is 18.2 Å².